The summed E-state index contributed by atoms with van der Waals surface area (Å²) in [4.78, 5) is 22.6. The van der Waals surface area contributed by atoms with E-state index in [2.05, 4.69) is 4.74 Å². The number of halogens is 1. The largest absolute Gasteiger partial charge is 0.468 e. The molecule has 0 bridgehead atoms. The summed E-state index contributed by atoms with van der Waals surface area (Å²) in [5.41, 5.74) is 10.7. The van der Waals surface area contributed by atoms with Crippen molar-refractivity contribution in [1.82, 2.24) is 0 Å². The summed E-state index contributed by atoms with van der Waals surface area (Å²) in [7, 11) is 1.29. The van der Waals surface area contributed by atoms with Crippen LogP contribution in [0.25, 0.3) is 0 Å². The average molecular weight is 297 g/mol. The molecule has 0 aromatic carbocycles. The van der Waals surface area contributed by atoms with Crippen LogP contribution in [0.4, 0.5) is 0 Å². The van der Waals surface area contributed by atoms with Crippen LogP contribution in [-0.2, 0) is 19.1 Å². The first-order chi connectivity index (χ1) is 8.17. The van der Waals surface area contributed by atoms with Gasteiger partial charge in [0.25, 0.3) is 0 Å². The van der Waals surface area contributed by atoms with Crippen molar-refractivity contribution < 1.29 is 19.1 Å². The molecule has 19 heavy (non-hydrogen) atoms. The molecule has 0 aliphatic heterocycles. The van der Waals surface area contributed by atoms with Gasteiger partial charge in [0.1, 0.15) is 17.7 Å². The van der Waals surface area contributed by atoms with E-state index >= 15 is 0 Å². The molecule has 0 aliphatic carbocycles. The third-order valence-electron chi connectivity index (χ3n) is 2.24. The second kappa shape index (κ2) is 9.12. The SMILES string of the molecule is COC(=O)[C@@H](N)CCCC(N)C(=O)OC(C)(C)C.Cl. The molecule has 0 aliphatic rings. The van der Waals surface area contributed by atoms with Crippen LogP contribution < -0.4 is 11.5 Å². The summed E-state index contributed by atoms with van der Waals surface area (Å²) < 4.78 is 9.63. The third-order valence-corrected chi connectivity index (χ3v) is 2.24. The normalized spacial score (nSPS) is 14.0. The quantitative estimate of drug-likeness (QED) is 0.701. The molecule has 0 saturated carbocycles. The zero-order valence-corrected chi connectivity index (χ0v) is 12.8. The molecule has 0 radical (unpaired) electrons. The molecule has 0 heterocycles. The summed E-state index contributed by atoms with van der Waals surface area (Å²) in [6.07, 6.45) is 1.43. The first kappa shape index (κ1) is 20.5. The summed E-state index contributed by atoms with van der Waals surface area (Å²) in [5, 5.41) is 0. The van der Waals surface area contributed by atoms with Crippen LogP contribution >= 0.6 is 12.4 Å². The fraction of sp³-hybridized carbons (Fsp3) is 0.833. The molecular formula is C12H25ClN2O4. The van der Waals surface area contributed by atoms with E-state index < -0.39 is 29.6 Å². The number of carbonyl (C=O) groups is 2. The lowest BCUT2D eigenvalue weighted by Gasteiger charge is -2.22. The first-order valence-corrected chi connectivity index (χ1v) is 5.99. The first-order valence-electron chi connectivity index (χ1n) is 5.99. The summed E-state index contributed by atoms with van der Waals surface area (Å²) in [6.45, 7) is 5.35. The van der Waals surface area contributed by atoms with Crippen LogP contribution in [0, 0.1) is 0 Å². The number of rotatable bonds is 6. The minimum atomic E-state index is -0.686. The van der Waals surface area contributed by atoms with Gasteiger partial charge in [-0.3, -0.25) is 9.59 Å². The zero-order valence-electron chi connectivity index (χ0n) is 12.0. The van der Waals surface area contributed by atoms with Gasteiger partial charge in [-0.25, -0.2) is 0 Å². The van der Waals surface area contributed by atoms with Gasteiger partial charge < -0.3 is 20.9 Å². The zero-order chi connectivity index (χ0) is 14.3. The highest BCUT2D eigenvalue weighted by molar-refractivity contribution is 5.85. The van der Waals surface area contributed by atoms with Crippen LogP contribution in [0.15, 0.2) is 0 Å². The highest BCUT2D eigenvalue weighted by Gasteiger charge is 2.22. The number of esters is 2. The van der Waals surface area contributed by atoms with E-state index in [1.54, 1.807) is 20.8 Å². The Morgan fingerprint density at radius 1 is 1.05 bits per heavy atom. The van der Waals surface area contributed by atoms with Crippen molar-refractivity contribution in [2.75, 3.05) is 7.11 Å². The topological polar surface area (TPSA) is 105 Å². The predicted octanol–water partition coefficient (Wildman–Crippen LogP) is 0.748. The standard InChI is InChI=1S/C12H24N2O4.ClH/c1-12(2,3)18-11(16)9(14)7-5-6-8(13)10(15)17-4;/h8-9H,5-7,13-14H2,1-4H3;1H/t8-,9?;/m0./s1. The number of methoxy groups -OCH3 is 1. The molecule has 0 aromatic rings. The predicted molar refractivity (Wildman–Crippen MR) is 74.9 cm³/mol. The second-order valence-electron chi connectivity index (χ2n) is 5.20. The Morgan fingerprint density at radius 2 is 1.47 bits per heavy atom. The Bertz CT molecular complexity index is 292. The van der Waals surface area contributed by atoms with Gasteiger partial charge in [-0.2, -0.15) is 0 Å². The van der Waals surface area contributed by atoms with Crippen molar-refractivity contribution in [3.05, 3.63) is 0 Å². The molecule has 7 heteroatoms. The molecule has 0 saturated heterocycles. The van der Waals surface area contributed by atoms with Gasteiger partial charge in [0, 0.05) is 0 Å². The lowest BCUT2D eigenvalue weighted by atomic mass is 10.1. The van der Waals surface area contributed by atoms with Crippen LogP contribution in [0.3, 0.4) is 0 Å². The number of hydrogen-bond acceptors (Lipinski definition) is 6. The number of carbonyl (C=O) groups excluding carboxylic acids is 2. The van der Waals surface area contributed by atoms with Crippen molar-refractivity contribution in [2.45, 2.75) is 57.7 Å². The molecule has 0 aromatic heterocycles. The highest BCUT2D eigenvalue weighted by Crippen LogP contribution is 2.10. The van der Waals surface area contributed by atoms with Crippen LogP contribution in [-0.4, -0.2) is 36.7 Å². The van der Waals surface area contributed by atoms with Gasteiger partial charge in [-0.05, 0) is 40.0 Å². The molecule has 2 atom stereocenters. The van der Waals surface area contributed by atoms with Gasteiger partial charge in [0.05, 0.1) is 7.11 Å². The minimum absolute atomic E-state index is 0. The Kier molecular flexibility index (Phi) is 9.82. The van der Waals surface area contributed by atoms with E-state index in [0.29, 0.717) is 19.3 Å². The van der Waals surface area contributed by atoms with Crippen LogP contribution in [0.2, 0.25) is 0 Å². The van der Waals surface area contributed by atoms with Crippen LogP contribution in [0.5, 0.6) is 0 Å². The molecule has 6 nitrogen and oxygen atoms in total. The van der Waals surface area contributed by atoms with Crippen molar-refractivity contribution >= 4 is 24.3 Å². The van der Waals surface area contributed by atoms with E-state index in [1.807, 2.05) is 0 Å². The maximum absolute atomic E-state index is 11.6. The van der Waals surface area contributed by atoms with Crippen molar-refractivity contribution in [1.29, 1.82) is 0 Å². The lowest BCUT2D eigenvalue weighted by Crippen LogP contribution is -2.38. The maximum Gasteiger partial charge on any atom is 0.323 e. The van der Waals surface area contributed by atoms with E-state index in [-0.39, 0.29) is 12.4 Å². The highest BCUT2D eigenvalue weighted by atomic mass is 35.5. The summed E-state index contributed by atoms with van der Waals surface area (Å²) in [5.74, 6) is -0.894. The Morgan fingerprint density at radius 3 is 1.84 bits per heavy atom. The summed E-state index contributed by atoms with van der Waals surface area (Å²) in [6, 6.07) is -1.35. The summed E-state index contributed by atoms with van der Waals surface area (Å²) >= 11 is 0. The second-order valence-corrected chi connectivity index (χ2v) is 5.20. The molecule has 0 rings (SSSR count). The molecular weight excluding hydrogens is 272 g/mol. The van der Waals surface area contributed by atoms with Crippen molar-refractivity contribution in [3.63, 3.8) is 0 Å². The van der Waals surface area contributed by atoms with E-state index in [1.165, 1.54) is 7.11 Å². The molecule has 4 N–H and O–H groups in total. The van der Waals surface area contributed by atoms with Gasteiger partial charge in [0.15, 0.2) is 0 Å². The number of ether oxygens (including phenoxy) is 2. The molecule has 114 valence electrons. The Balaban J connectivity index is 0. The third kappa shape index (κ3) is 9.69. The van der Waals surface area contributed by atoms with E-state index in [4.69, 9.17) is 16.2 Å². The Hall–Kier alpha value is -0.850. The molecule has 1 unspecified atom stereocenters. The minimum Gasteiger partial charge on any atom is -0.468 e. The average Bonchev–Trinajstić information content (AvgIpc) is 2.25. The fourth-order valence-electron chi connectivity index (χ4n) is 1.32. The van der Waals surface area contributed by atoms with Gasteiger partial charge in [0.2, 0.25) is 0 Å². The van der Waals surface area contributed by atoms with Gasteiger partial charge in [-0.15, -0.1) is 12.4 Å². The van der Waals surface area contributed by atoms with Gasteiger partial charge >= 0.3 is 11.9 Å². The number of hydrogen-bond donors (Lipinski definition) is 2. The molecule has 0 fully saturated rings. The van der Waals surface area contributed by atoms with Crippen molar-refractivity contribution in [2.24, 2.45) is 11.5 Å². The van der Waals surface area contributed by atoms with Crippen LogP contribution in [0.1, 0.15) is 40.0 Å². The Labute approximate surface area is 120 Å². The molecule has 0 amide bonds. The lowest BCUT2D eigenvalue weighted by molar-refractivity contribution is -0.156. The molecule has 0 spiro atoms. The maximum atomic E-state index is 11.6. The van der Waals surface area contributed by atoms with Crippen molar-refractivity contribution in [3.8, 4) is 0 Å². The number of nitrogens with two attached hydrogens (primary N) is 2. The van der Waals surface area contributed by atoms with E-state index in [0.717, 1.165) is 0 Å². The van der Waals surface area contributed by atoms with E-state index in [9.17, 15) is 9.59 Å². The van der Waals surface area contributed by atoms with Gasteiger partial charge in [-0.1, -0.05) is 0 Å². The smallest absolute Gasteiger partial charge is 0.323 e. The monoisotopic (exact) mass is 296 g/mol. The fourth-order valence-corrected chi connectivity index (χ4v) is 1.32.